The van der Waals surface area contributed by atoms with Gasteiger partial charge in [0.05, 0.1) is 6.17 Å². The molecule has 16 heavy (non-hydrogen) atoms. The maximum atomic E-state index is 2.68. The topological polar surface area (TPSA) is 6.48 Å². The molecule has 92 valence electrons. The van der Waals surface area contributed by atoms with E-state index in [1.165, 1.54) is 64.7 Å². The number of allylic oxidation sites excluding steroid dienone is 1. The summed E-state index contributed by atoms with van der Waals surface area (Å²) in [6, 6.07) is 0. The molecule has 0 aromatic heterocycles. The summed E-state index contributed by atoms with van der Waals surface area (Å²) in [6.07, 6.45) is 13.6. The zero-order valence-electron chi connectivity index (χ0n) is 10.7. The molecule has 2 nitrogen and oxygen atoms in total. The molecule has 2 aliphatic heterocycles. The second kappa shape index (κ2) is 6.41. The maximum absolute atomic E-state index is 2.68. The van der Waals surface area contributed by atoms with Gasteiger partial charge >= 0.3 is 0 Å². The van der Waals surface area contributed by atoms with E-state index in [2.05, 4.69) is 28.9 Å². The summed E-state index contributed by atoms with van der Waals surface area (Å²) < 4.78 is 0. The maximum Gasteiger partial charge on any atom is 0.0814 e. The third-order valence-electron chi connectivity index (χ3n) is 3.89. The third-order valence-corrected chi connectivity index (χ3v) is 3.89. The molecule has 2 rings (SSSR count). The van der Waals surface area contributed by atoms with Crippen molar-refractivity contribution in [2.45, 2.75) is 51.6 Å². The van der Waals surface area contributed by atoms with Crippen LogP contribution in [-0.4, -0.2) is 42.1 Å². The lowest BCUT2D eigenvalue weighted by Crippen LogP contribution is -2.50. The Labute approximate surface area is 100 Å². The van der Waals surface area contributed by atoms with Crippen LogP contribution in [0.15, 0.2) is 12.2 Å². The molecule has 2 aliphatic rings. The van der Waals surface area contributed by atoms with E-state index in [-0.39, 0.29) is 0 Å². The van der Waals surface area contributed by atoms with Crippen LogP contribution in [0.1, 0.15) is 45.4 Å². The average Bonchev–Trinajstić information content (AvgIpc) is 2.38. The molecule has 2 heterocycles. The summed E-state index contributed by atoms with van der Waals surface area (Å²) in [5.74, 6) is 0. The van der Waals surface area contributed by atoms with Gasteiger partial charge in [-0.05, 0) is 58.8 Å². The van der Waals surface area contributed by atoms with Gasteiger partial charge in [-0.1, -0.05) is 25.0 Å². The molecular weight excluding hydrogens is 196 g/mol. The average molecular weight is 222 g/mol. The molecule has 2 heteroatoms. The molecule has 0 amide bonds. The summed E-state index contributed by atoms with van der Waals surface area (Å²) in [4.78, 5) is 5.35. The van der Waals surface area contributed by atoms with Crippen molar-refractivity contribution in [3.8, 4) is 0 Å². The molecule has 0 aliphatic carbocycles. The van der Waals surface area contributed by atoms with Gasteiger partial charge in [0.2, 0.25) is 0 Å². The fourth-order valence-corrected chi connectivity index (χ4v) is 3.01. The molecular formula is C14H26N2. The van der Waals surface area contributed by atoms with Crippen LogP contribution in [0.25, 0.3) is 0 Å². The van der Waals surface area contributed by atoms with Crippen molar-refractivity contribution in [1.82, 2.24) is 9.80 Å². The second-order valence-corrected chi connectivity index (χ2v) is 5.13. The number of hydrogen-bond acceptors (Lipinski definition) is 2. The standard InChI is InChI=1S/C14H26N2/c1-2-9-14(15-10-5-3-6-11-15)16-12-7-4-8-13-16/h2,9,14H,3-8,10-13H2,1H3. The van der Waals surface area contributed by atoms with E-state index in [0.717, 1.165) is 0 Å². The highest BCUT2D eigenvalue weighted by Crippen LogP contribution is 2.19. The van der Waals surface area contributed by atoms with Crippen LogP contribution in [0.4, 0.5) is 0 Å². The van der Waals surface area contributed by atoms with Gasteiger partial charge < -0.3 is 0 Å². The molecule has 0 N–H and O–H groups in total. The molecule has 0 aromatic rings. The fourth-order valence-electron chi connectivity index (χ4n) is 3.01. The predicted molar refractivity (Wildman–Crippen MR) is 69.5 cm³/mol. The van der Waals surface area contributed by atoms with Crippen molar-refractivity contribution in [1.29, 1.82) is 0 Å². The van der Waals surface area contributed by atoms with Gasteiger partial charge in [0, 0.05) is 0 Å². The Morgan fingerprint density at radius 1 is 0.750 bits per heavy atom. The number of hydrogen-bond donors (Lipinski definition) is 0. The van der Waals surface area contributed by atoms with Crippen molar-refractivity contribution in [2.75, 3.05) is 26.2 Å². The van der Waals surface area contributed by atoms with E-state index in [0.29, 0.717) is 6.17 Å². The van der Waals surface area contributed by atoms with Crippen LogP contribution in [0, 0.1) is 0 Å². The van der Waals surface area contributed by atoms with E-state index in [1.54, 1.807) is 0 Å². The van der Waals surface area contributed by atoms with Gasteiger partial charge in [-0.15, -0.1) is 0 Å². The van der Waals surface area contributed by atoms with E-state index >= 15 is 0 Å². The number of nitrogens with zero attached hydrogens (tertiary/aromatic N) is 2. The van der Waals surface area contributed by atoms with Gasteiger partial charge in [0.25, 0.3) is 0 Å². The molecule has 2 fully saturated rings. The molecule has 0 bridgehead atoms. The third kappa shape index (κ3) is 3.08. The van der Waals surface area contributed by atoms with Crippen molar-refractivity contribution < 1.29 is 0 Å². The summed E-state index contributed by atoms with van der Waals surface area (Å²) in [6.45, 7) is 7.34. The van der Waals surface area contributed by atoms with E-state index in [1.807, 2.05) is 0 Å². The minimum atomic E-state index is 0.589. The van der Waals surface area contributed by atoms with E-state index < -0.39 is 0 Å². The van der Waals surface area contributed by atoms with Crippen LogP contribution in [0.2, 0.25) is 0 Å². The van der Waals surface area contributed by atoms with Crippen molar-refractivity contribution in [2.24, 2.45) is 0 Å². The zero-order valence-corrected chi connectivity index (χ0v) is 10.7. The summed E-state index contributed by atoms with van der Waals surface area (Å²) in [5, 5.41) is 0. The minimum Gasteiger partial charge on any atom is -0.285 e. The Balaban J connectivity index is 1.96. The molecule has 0 spiro atoms. The van der Waals surface area contributed by atoms with E-state index in [4.69, 9.17) is 0 Å². The Kier molecular flexibility index (Phi) is 4.86. The number of rotatable bonds is 3. The monoisotopic (exact) mass is 222 g/mol. The lowest BCUT2D eigenvalue weighted by Gasteiger charge is -2.41. The van der Waals surface area contributed by atoms with Gasteiger partial charge in [0.15, 0.2) is 0 Å². The quantitative estimate of drug-likeness (QED) is 0.678. The van der Waals surface area contributed by atoms with Crippen LogP contribution in [0.3, 0.4) is 0 Å². The summed E-state index contributed by atoms with van der Waals surface area (Å²) in [5.41, 5.74) is 0. The SMILES string of the molecule is CC=CC(N1CCCCC1)N1CCCCC1. The molecule has 0 atom stereocenters. The fraction of sp³-hybridized carbons (Fsp3) is 0.857. The van der Waals surface area contributed by atoms with E-state index in [9.17, 15) is 0 Å². The first-order chi connectivity index (χ1) is 7.92. The highest BCUT2D eigenvalue weighted by molar-refractivity contribution is 4.94. The van der Waals surface area contributed by atoms with Crippen LogP contribution in [-0.2, 0) is 0 Å². The number of likely N-dealkylation sites (tertiary alicyclic amines) is 2. The van der Waals surface area contributed by atoms with Gasteiger partial charge in [-0.25, -0.2) is 0 Å². The Morgan fingerprint density at radius 3 is 1.56 bits per heavy atom. The summed E-state index contributed by atoms with van der Waals surface area (Å²) in [7, 11) is 0. The van der Waals surface area contributed by atoms with Crippen molar-refractivity contribution in [3.05, 3.63) is 12.2 Å². The molecule has 0 aromatic carbocycles. The van der Waals surface area contributed by atoms with Gasteiger partial charge in [0.1, 0.15) is 0 Å². The lowest BCUT2D eigenvalue weighted by atomic mass is 10.1. The van der Waals surface area contributed by atoms with Crippen molar-refractivity contribution >= 4 is 0 Å². The highest BCUT2D eigenvalue weighted by atomic mass is 15.3. The first-order valence-corrected chi connectivity index (χ1v) is 7.03. The van der Waals surface area contributed by atoms with Crippen LogP contribution < -0.4 is 0 Å². The smallest absolute Gasteiger partial charge is 0.0814 e. The Hall–Kier alpha value is -0.340. The molecule has 0 saturated carbocycles. The predicted octanol–water partition coefficient (Wildman–Crippen LogP) is 2.86. The second-order valence-electron chi connectivity index (χ2n) is 5.13. The van der Waals surface area contributed by atoms with Crippen LogP contribution in [0.5, 0.6) is 0 Å². The molecule has 0 unspecified atom stereocenters. The first kappa shape index (κ1) is 12.1. The normalized spacial score (nSPS) is 25.6. The number of piperidine rings is 2. The lowest BCUT2D eigenvalue weighted by molar-refractivity contribution is 0.0474. The molecule has 0 radical (unpaired) electrons. The molecule has 2 saturated heterocycles. The largest absolute Gasteiger partial charge is 0.285 e. The first-order valence-electron chi connectivity index (χ1n) is 7.03. The van der Waals surface area contributed by atoms with Crippen LogP contribution >= 0.6 is 0 Å². The van der Waals surface area contributed by atoms with Gasteiger partial charge in [-0.3, -0.25) is 9.80 Å². The summed E-state index contributed by atoms with van der Waals surface area (Å²) >= 11 is 0. The van der Waals surface area contributed by atoms with Gasteiger partial charge in [-0.2, -0.15) is 0 Å². The highest BCUT2D eigenvalue weighted by Gasteiger charge is 2.24. The zero-order chi connectivity index (χ0) is 11.2. The minimum absolute atomic E-state index is 0.589. The Bertz CT molecular complexity index is 195. The Morgan fingerprint density at radius 2 is 1.19 bits per heavy atom. The van der Waals surface area contributed by atoms with Crippen molar-refractivity contribution in [3.63, 3.8) is 0 Å².